The topological polar surface area (TPSA) is 61.1 Å². The second-order valence-electron chi connectivity index (χ2n) is 8.18. The predicted molar refractivity (Wildman–Crippen MR) is 127 cm³/mol. The van der Waals surface area contributed by atoms with Crippen molar-refractivity contribution >= 4 is 11.0 Å². The van der Waals surface area contributed by atoms with Gasteiger partial charge in [0.15, 0.2) is 0 Å². The third-order valence-corrected chi connectivity index (χ3v) is 6.08. The van der Waals surface area contributed by atoms with Gasteiger partial charge in [0.25, 0.3) is 0 Å². The summed E-state index contributed by atoms with van der Waals surface area (Å²) >= 11 is 0. The van der Waals surface area contributed by atoms with Crippen molar-refractivity contribution in [2.45, 2.75) is 13.0 Å². The monoisotopic (exact) mass is 461 g/mol. The molecule has 0 bridgehead atoms. The largest absolute Gasteiger partial charge is 0.497 e. The van der Waals surface area contributed by atoms with Crippen LogP contribution in [-0.4, -0.2) is 32.4 Å². The van der Waals surface area contributed by atoms with Crippen LogP contribution in [-0.2, 0) is 13.0 Å². The van der Waals surface area contributed by atoms with E-state index >= 15 is 0 Å². The summed E-state index contributed by atoms with van der Waals surface area (Å²) in [5.41, 5.74) is 3.01. The third kappa shape index (κ3) is 4.22. The Labute approximate surface area is 196 Å². The minimum Gasteiger partial charge on any atom is -0.497 e. The van der Waals surface area contributed by atoms with Gasteiger partial charge >= 0.3 is 5.63 Å². The molecule has 3 aromatic carbocycles. The fourth-order valence-corrected chi connectivity index (χ4v) is 4.23. The van der Waals surface area contributed by atoms with Gasteiger partial charge in [-0.1, -0.05) is 12.1 Å². The molecule has 0 radical (unpaired) electrons. The first kappa shape index (κ1) is 22.0. The van der Waals surface area contributed by atoms with Crippen molar-refractivity contribution in [3.8, 4) is 28.4 Å². The van der Waals surface area contributed by atoms with Crippen LogP contribution in [0.2, 0.25) is 0 Å². The van der Waals surface area contributed by atoms with Crippen molar-refractivity contribution in [2.75, 3.05) is 27.5 Å². The molecule has 4 aromatic rings. The molecule has 34 heavy (non-hydrogen) atoms. The SMILES string of the molecule is COc1ccc(-c2cc3ccc4c(c3oc2=O)CN(CCc2ccc(F)cc2)CO4)c(OC)c1. The number of ether oxygens (including phenoxy) is 3. The van der Waals surface area contributed by atoms with Gasteiger partial charge in [0.2, 0.25) is 0 Å². The second kappa shape index (κ2) is 9.19. The van der Waals surface area contributed by atoms with E-state index in [4.69, 9.17) is 18.6 Å². The molecule has 1 aromatic heterocycles. The summed E-state index contributed by atoms with van der Waals surface area (Å²) in [4.78, 5) is 15.2. The summed E-state index contributed by atoms with van der Waals surface area (Å²) < 4.78 is 35.7. The van der Waals surface area contributed by atoms with E-state index < -0.39 is 5.63 Å². The van der Waals surface area contributed by atoms with E-state index in [9.17, 15) is 9.18 Å². The van der Waals surface area contributed by atoms with Gasteiger partial charge in [0, 0.05) is 30.1 Å². The molecule has 0 saturated heterocycles. The molecule has 0 amide bonds. The standard InChI is InChI=1S/C27H24FNO5/c1-31-20-8-9-21(25(14-20)32-2)22-13-18-5-10-24-23(26(18)34-27(22)30)15-29(16-33-24)12-11-17-3-6-19(28)7-4-17/h3-10,13-14H,11-12,15-16H2,1-2H3. The molecular formula is C27H24FNO5. The molecule has 5 rings (SSSR count). The first-order valence-corrected chi connectivity index (χ1v) is 11.0. The fraction of sp³-hybridized carbons (Fsp3) is 0.222. The Morgan fingerprint density at radius 1 is 0.971 bits per heavy atom. The van der Waals surface area contributed by atoms with Crippen LogP contribution < -0.4 is 19.8 Å². The number of rotatable bonds is 6. The number of fused-ring (bicyclic) bond motifs is 3. The lowest BCUT2D eigenvalue weighted by Gasteiger charge is -2.29. The van der Waals surface area contributed by atoms with Gasteiger partial charge < -0.3 is 18.6 Å². The third-order valence-electron chi connectivity index (χ3n) is 6.08. The lowest BCUT2D eigenvalue weighted by atomic mass is 10.0. The van der Waals surface area contributed by atoms with E-state index in [0.29, 0.717) is 47.2 Å². The molecular weight excluding hydrogens is 437 g/mol. The minimum absolute atomic E-state index is 0.243. The highest BCUT2D eigenvalue weighted by Gasteiger charge is 2.23. The number of methoxy groups -OCH3 is 2. The Kier molecular flexibility index (Phi) is 5.94. The zero-order valence-electron chi connectivity index (χ0n) is 19.0. The summed E-state index contributed by atoms with van der Waals surface area (Å²) in [6, 6.07) is 17.4. The van der Waals surface area contributed by atoms with Crippen molar-refractivity contribution in [3.63, 3.8) is 0 Å². The zero-order chi connectivity index (χ0) is 23.7. The quantitative estimate of drug-likeness (QED) is 0.376. The molecule has 6 nitrogen and oxygen atoms in total. The van der Waals surface area contributed by atoms with Crippen molar-refractivity contribution in [1.82, 2.24) is 4.90 Å². The average Bonchev–Trinajstić information content (AvgIpc) is 2.87. The Morgan fingerprint density at radius 3 is 2.56 bits per heavy atom. The van der Waals surface area contributed by atoms with Crippen LogP contribution in [0.15, 0.2) is 69.9 Å². The van der Waals surface area contributed by atoms with E-state index in [1.807, 2.05) is 18.2 Å². The molecule has 1 aliphatic rings. The molecule has 0 N–H and O–H groups in total. The minimum atomic E-state index is -0.451. The summed E-state index contributed by atoms with van der Waals surface area (Å²) in [7, 11) is 3.13. The van der Waals surface area contributed by atoms with E-state index in [2.05, 4.69) is 4.90 Å². The van der Waals surface area contributed by atoms with Gasteiger partial charge in [-0.3, -0.25) is 4.90 Å². The van der Waals surface area contributed by atoms with E-state index in [-0.39, 0.29) is 5.82 Å². The lowest BCUT2D eigenvalue weighted by Crippen LogP contribution is -2.33. The van der Waals surface area contributed by atoms with Crippen LogP contribution in [0.3, 0.4) is 0 Å². The van der Waals surface area contributed by atoms with E-state index in [1.54, 1.807) is 44.6 Å². The Morgan fingerprint density at radius 2 is 1.79 bits per heavy atom. The first-order chi connectivity index (χ1) is 16.6. The fourth-order valence-electron chi connectivity index (χ4n) is 4.23. The maximum atomic E-state index is 13.2. The van der Waals surface area contributed by atoms with Gasteiger partial charge in [-0.25, -0.2) is 9.18 Å². The molecule has 7 heteroatoms. The Bertz CT molecular complexity index is 1400. The van der Waals surface area contributed by atoms with Gasteiger partial charge in [-0.05, 0) is 54.4 Å². The Balaban J connectivity index is 1.45. The number of halogens is 1. The highest BCUT2D eigenvalue weighted by atomic mass is 19.1. The van der Waals surface area contributed by atoms with Crippen LogP contribution in [0.5, 0.6) is 17.2 Å². The van der Waals surface area contributed by atoms with Crippen LogP contribution >= 0.6 is 0 Å². The van der Waals surface area contributed by atoms with Crippen molar-refractivity contribution < 1.29 is 23.0 Å². The van der Waals surface area contributed by atoms with Crippen LogP contribution in [0.4, 0.5) is 4.39 Å². The van der Waals surface area contributed by atoms with E-state index in [1.165, 1.54) is 12.1 Å². The van der Waals surface area contributed by atoms with Gasteiger partial charge in [-0.2, -0.15) is 0 Å². The molecule has 0 fully saturated rings. The normalized spacial score (nSPS) is 13.4. The molecule has 2 heterocycles. The molecule has 0 saturated carbocycles. The second-order valence-corrected chi connectivity index (χ2v) is 8.18. The molecule has 1 aliphatic heterocycles. The summed E-state index contributed by atoms with van der Waals surface area (Å²) in [5.74, 6) is 1.63. The van der Waals surface area contributed by atoms with Crippen LogP contribution in [0.1, 0.15) is 11.1 Å². The zero-order valence-corrected chi connectivity index (χ0v) is 19.0. The number of hydrogen-bond donors (Lipinski definition) is 0. The van der Waals surface area contributed by atoms with Crippen LogP contribution in [0, 0.1) is 5.82 Å². The average molecular weight is 461 g/mol. The molecule has 0 unspecified atom stereocenters. The summed E-state index contributed by atoms with van der Waals surface area (Å²) in [6.45, 7) is 1.75. The summed E-state index contributed by atoms with van der Waals surface area (Å²) in [5, 5.41) is 0.801. The van der Waals surface area contributed by atoms with E-state index in [0.717, 1.165) is 29.5 Å². The van der Waals surface area contributed by atoms with Gasteiger partial charge in [0.05, 0.1) is 25.3 Å². The van der Waals surface area contributed by atoms with Gasteiger partial charge in [0.1, 0.15) is 35.4 Å². The lowest BCUT2D eigenvalue weighted by molar-refractivity contribution is 0.0968. The molecule has 0 aliphatic carbocycles. The smallest absolute Gasteiger partial charge is 0.344 e. The van der Waals surface area contributed by atoms with Crippen molar-refractivity contribution in [3.05, 3.63) is 88.0 Å². The van der Waals surface area contributed by atoms with Crippen LogP contribution in [0.25, 0.3) is 22.1 Å². The molecule has 174 valence electrons. The highest BCUT2D eigenvalue weighted by molar-refractivity contribution is 5.87. The highest BCUT2D eigenvalue weighted by Crippen LogP contribution is 2.36. The maximum Gasteiger partial charge on any atom is 0.344 e. The number of hydrogen-bond acceptors (Lipinski definition) is 6. The molecule has 0 atom stereocenters. The van der Waals surface area contributed by atoms with Crippen molar-refractivity contribution in [2.24, 2.45) is 0 Å². The molecule has 0 spiro atoms. The maximum absolute atomic E-state index is 13.2. The predicted octanol–water partition coefficient (Wildman–Crippen LogP) is 5.01. The Hall–Kier alpha value is -3.84. The number of nitrogens with zero attached hydrogens (tertiary/aromatic N) is 1. The van der Waals surface area contributed by atoms with Gasteiger partial charge in [-0.15, -0.1) is 0 Å². The first-order valence-electron chi connectivity index (χ1n) is 11.0. The van der Waals surface area contributed by atoms with Crippen molar-refractivity contribution in [1.29, 1.82) is 0 Å². The number of benzene rings is 3. The summed E-state index contributed by atoms with van der Waals surface area (Å²) in [6.07, 6.45) is 0.759.